The van der Waals surface area contributed by atoms with E-state index < -0.39 is 39.3 Å². The van der Waals surface area contributed by atoms with E-state index in [1.807, 2.05) is 30.3 Å². The average molecular weight is 621 g/mol. The normalized spacial score (nSPS) is 11.8. The molecular formula is C31H29ClN4O6S. The largest absolute Gasteiger partial charge is 0.357 e. The molecule has 4 aromatic rings. The molecule has 10 nitrogen and oxygen atoms in total. The van der Waals surface area contributed by atoms with Crippen LogP contribution in [0, 0.1) is 10.1 Å². The molecule has 0 aromatic heterocycles. The molecule has 0 fully saturated rings. The van der Waals surface area contributed by atoms with Gasteiger partial charge in [0, 0.05) is 37.2 Å². The fraction of sp³-hybridized carbons (Fsp3) is 0.161. The van der Waals surface area contributed by atoms with Crippen molar-refractivity contribution in [2.75, 3.05) is 17.9 Å². The van der Waals surface area contributed by atoms with Crippen LogP contribution in [0.4, 0.5) is 11.4 Å². The van der Waals surface area contributed by atoms with E-state index in [1.165, 1.54) is 54.4 Å². The van der Waals surface area contributed by atoms with E-state index >= 15 is 0 Å². The van der Waals surface area contributed by atoms with Crippen LogP contribution in [-0.2, 0) is 32.6 Å². The summed E-state index contributed by atoms with van der Waals surface area (Å²) < 4.78 is 28.7. The van der Waals surface area contributed by atoms with Gasteiger partial charge in [-0.3, -0.25) is 24.0 Å². The second-order valence-corrected chi connectivity index (χ2v) is 11.9. The number of carbonyl (C=O) groups excluding carboxylic acids is 2. The lowest BCUT2D eigenvalue weighted by molar-refractivity contribution is -0.384. The molecule has 0 unspecified atom stereocenters. The van der Waals surface area contributed by atoms with Crippen LogP contribution in [-0.4, -0.2) is 49.7 Å². The third-order valence-corrected chi connectivity index (χ3v) is 8.72. The molecule has 0 aliphatic rings. The van der Waals surface area contributed by atoms with Crippen molar-refractivity contribution >= 4 is 44.8 Å². The third kappa shape index (κ3) is 7.76. The fourth-order valence-corrected chi connectivity index (χ4v) is 6.20. The average Bonchev–Trinajstić information content (AvgIpc) is 3.02. The summed E-state index contributed by atoms with van der Waals surface area (Å²) in [6, 6.07) is 27.4. The zero-order valence-electron chi connectivity index (χ0n) is 23.2. The SMILES string of the molecule is CNC(=O)[C@H](Cc1ccccc1)N(Cc1cccc(Cl)c1)C(=O)CN(c1cccc([N+](=O)[O-])c1)S(=O)(=O)c1ccccc1. The molecule has 0 spiro atoms. The third-order valence-electron chi connectivity index (χ3n) is 6.70. The van der Waals surface area contributed by atoms with Crippen LogP contribution >= 0.6 is 11.6 Å². The summed E-state index contributed by atoms with van der Waals surface area (Å²) >= 11 is 6.21. The van der Waals surface area contributed by atoms with Crippen molar-refractivity contribution in [1.82, 2.24) is 10.2 Å². The van der Waals surface area contributed by atoms with Crippen molar-refractivity contribution in [2.45, 2.75) is 23.9 Å². The van der Waals surface area contributed by atoms with Gasteiger partial charge in [-0.05, 0) is 41.5 Å². The van der Waals surface area contributed by atoms with E-state index in [-0.39, 0.29) is 29.2 Å². The van der Waals surface area contributed by atoms with Crippen molar-refractivity contribution < 1.29 is 22.9 Å². The minimum atomic E-state index is -4.37. The van der Waals surface area contributed by atoms with E-state index in [0.717, 1.165) is 15.9 Å². The smallest absolute Gasteiger partial charge is 0.271 e. The molecular weight excluding hydrogens is 592 g/mol. The zero-order valence-corrected chi connectivity index (χ0v) is 24.7. The van der Waals surface area contributed by atoms with E-state index in [9.17, 15) is 28.1 Å². The van der Waals surface area contributed by atoms with Gasteiger partial charge in [0.05, 0.1) is 15.5 Å². The van der Waals surface area contributed by atoms with Crippen LogP contribution in [0.5, 0.6) is 0 Å². The number of hydrogen-bond donors (Lipinski definition) is 1. The summed E-state index contributed by atoms with van der Waals surface area (Å²) in [7, 11) is -2.92. The lowest BCUT2D eigenvalue weighted by atomic mass is 10.0. The number of benzene rings is 4. The molecule has 0 bridgehead atoms. The first-order chi connectivity index (χ1) is 20.6. The molecule has 1 N–H and O–H groups in total. The minimum absolute atomic E-state index is 0.0571. The van der Waals surface area contributed by atoms with Gasteiger partial charge in [0.15, 0.2) is 0 Å². The monoisotopic (exact) mass is 620 g/mol. The van der Waals surface area contributed by atoms with Crippen LogP contribution in [0.2, 0.25) is 5.02 Å². The number of likely N-dealkylation sites (N-methyl/N-ethyl adjacent to an activating group) is 1. The van der Waals surface area contributed by atoms with Crippen molar-refractivity contribution in [3.05, 3.63) is 135 Å². The Morgan fingerprint density at radius 2 is 1.51 bits per heavy atom. The van der Waals surface area contributed by atoms with Gasteiger partial charge >= 0.3 is 0 Å². The Morgan fingerprint density at radius 3 is 2.14 bits per heavy atom. The number of rotatable bonds is 12. The Bertz CT molecular complexity index is 1700. The van der Waals surface area contributed by atoms with Crippen LogP contribution in [0.15, 0.2) is 114 Å². The predicted octanol–water partition coefficient (Wildman–Crippen LogP) is 4.83. The number of nitro benzene ring substituents is 1. The maximum absolute atomic E-state index is 14.2. The van der Waals surface area contributed by atoms with Crippen LogP contribution in [0.1, 0.15) is 11.1 Å². The Morgan fingerprint density at radius 1 is 0.884 bits per heavy atom. The Hall–Kier alpha value is -4.74. The predicted molar refractivity (Wildman–Crippen MR) is 164 cm³/mol. The number of carbonyl (C=O) groups is 2. The molecule has 0 aliphatic heterocycles. The van der Waals surface area contributed by atoms with Crippen molar-refractivity contribution in [1.29, 1.82) is 0 Å². The van der Waals surface area contributed by atoms with Gasteiger partial charge in [-0.1, -0.05) is 78.3 Å². The zero-order chi connectivity index (χ0) is 31.0. The maximum Gasteiger partial charge on any atom is 0.271 e. The molecule has 222 valence electrons. The number of amides is 2. The molecule has 4 aromatic carbocycles. The number of halogens is 1. The molecule has 4 rings (SSSR count). The molecule has 0 aliphatic carbocycles. The summed E-state index contributed by atoms with van der Waals surface area (Å²) in [4.78, 5) is 39.6. The number of anilines is 1. The number of non-ortho nitro benzene ring substituents is 1. The van der Waals surface area contributed by atoms with Crippen molar-refractivity contribution in [3.8, 4) is 0 Å². The van der Waals surface area contributed by atoms with Gasteiger partial charge in [-0.25, -0.2) is 8.42 Å². The maximum atomic E-state index is 14.2. The second kappa shape index (κ2) is 14.0. The molecule has 43 heavy (non-hydrogen) atoms. The van der Waals surface area contributed by atoms with Crippen LogP contribution < -0.4 is 9.62 Å². The van der Waals surface area contributed by atoms with Gasteiger partial charge in [0.1, 0.15) is 12.6 Å². The molecule has 0 saturated heterocycles. The molecule has 1 atom stereocenters. The highest BCUT2D eigenvalue weighted by Crippen LogP contribution is 2.28. The van der Waals surface area contributed by atoms with E-state index in [1.54, 1.807) is 30.3 Å². The highest BCUT2D eigenvalue weighted by atomic mass is 35.5. The molecule has 2 amide bonds. The number of sulfonamides is 1. The molecule has 0 heterocycles. The Labute approximate surface area is 254 Å². The van der Waals surface area contributed by atoms with Crippen LogP contribution in [0.25, 0.3) is 0 Å². The fourth-order valence-electron chi connectivity index (χ4n) is 4.56. The van der Waals surface area contributed by atoms with E-state index in [4.69, 9.17) is 11.6 Å². The Balaban J connectivity index is 1.81. The quantitative estimate of drug-likeness (QED) is 0.178. The van der Waals surface area contributed by atoms with Gasteiger partial charge in [0.25, 0.3) is 15.7 Å². The highest BCUT2D eigenvalue weighted by Gasteiger charge is 2.34. The van der Waals surface area contributed by atoms with Crippen LogP contribution in [0.3, 0.4) is 0 Å². The minimum Gasteiger partial charge on any atom is -0.357 e. The first kappa shape index (κ1) is 31.2. The second-order valence-electron chi connectivity index (χ2n) is 9.57. The summed E-state index contributed by atoms with van der Waals surface area (Å²) in [6.07, 6.45) is 0.148. The number of nitro groups is 1. The highest BCUT2D eigenvalue weighted by molar-refractivity contribution is 7.92. The summed E-state index contributed by atoms with van der Waals surface area (Å²) in [6.45, 7) is -0.792. The van der Waals surface area contributed by atoms with Crippen molar-refractivity contribution in [2.24, 2.45) is 0 Å². The van der Waals surface area contributed by atoms with E-state index in [2.05, 4.69) is 5.32 Å². The molecule has 0 saturated carbocycles. The summed E-state index contributed by atoms with van der Waals surface area (Å²) in [5.41, 5.74) is 0.984. The standard InChI is InChI=1S/C31H29ClN4O6S/c1-33-31(38)29(19-23-10-4-2-5-11-23)34(21-24-12-8-13-25(32)18-24)30(37)22-35(26-14-9-15-27(20-26)36(39)40)43(41,42)28-16-6-3-7-17-28/h2-18,20,29H,19,21-22H2,1H3,(H,33,38)/t29-/m0/s1. The van der Waals surface area contributed by atoms with E-state index in [0.29, 0.717) is 10.6 Å². The van der Waals surface area contributed by atoms with Gasteiger partial charge < -0.3 is 10.2 Å². The molecule has 12 heteroatoms. The first-order valence-electron chi connectivity index (χ1n) is 13.2. The Kier molecular flexibility index (Phi) is 10.1. The van der Waals surface area contributed by atoms with Gasteiger partial charge in [-0.2, -0.15) is 0 Å². The van der Waals surface area contributed by atoms with Gasteiger partial charge in [-0.15, -0.1) is 0 Å². The number of nitrogens with zero attached hydrogens (tertiary/aromatic N) is 3. The topological polar surface area (TPSA) is 130 Å². The summed E-state index contributed by atoms with van der Waals surface area (Å²) in [5, 5.41) is 14.6. The lowest BCUT2D eigenvalue weighted by Gasteiger charge is -2.33. The van der Waals surface area contributed by atoms with Gasteiger partial charge in [0.2, 0.25) is 11.8 Å². The lowest BCUT2D eigenvalue weighted by Crippen LogP contribution is -2.53. The van der Waals surface area contributed by atoms with Crippen molar-refractivity contribution in [3.63, 3.8) is 0 Å². The summed E-state index contributed by atoms with van der Waals surface area (Å²) in [5.74, 6) is -1.15. The first-order valence-corrected chi connectivity index (χ1v) is 15.0. The number of hydrogen-bond acceptors (Lipinski definition) is 6. The molecule has 0 radical (unpaired) electrons. The number of nitrogens with one attached hydrogen (secondary N) is 1.